The molecule has 1 saturated heterocycles. The zero-order valence-electron chi connectivity index (χ0n) is 16.5. The molecule has 0 radical (unpaired) electrons. The molecule has 1 aliphatic rings. The Morgan fingerprint density at radius 1 is 1.19 bits per heavy atom. The molecule has 0 aliphatic carbocycles. The molecule has 1 amide bonds. The van der Waals surface area contributed by atoms with Crippen molar-refractivity contribution in [1.29, 1.82) is 0 Å². The second-order valence-electron chi connectivity index (χ2n) is 7.24. The highest BCUT2D eigenvalue weighted by molar-refractivity contribution is 5.92. The first-order valence-electron chi connectivity index (χ1n) is 9.49. The number of methoxy groups -OCH3 is 2. The lowest BCUT2D eigenvalue weighted by atomic mass is 10.1. The van der Waals surface area contributed by atoms with Crippen molar-refractivity contribution in [2.75, 3.05) is 45.7 Å². The molecule has 1 aliphatic heterocycles. The molecule has 2 unspecified atom stereocenters. The largest absolute Gasteiger partial charge is 0.497 e. The maximum atomic E-state index is 12.4. The van der Waals surface area contributed by atoms with Crippen LogP contribution in [0.15, 0.2) is 18.2 Å². The lowest BCUT2D eigenvalue weighted by molar-refractivity contribution is -0.116. The van der Waals surface area contributed by atoms with Gasteiger partial charge in [0.25, 0.3) is 0 Å². The standard InChI is InChI=1S/C20H33N3O3/c1-15(14-23-9-5-6-10-23)13-21-16(2)11-20(24)22-18-12-17(25-3)7-8-19(18)26-4/h7-8,12,15-16,21H,5-6,9-11,13-14H2,1-4H3,(H,22,24). The zero-order chi connectivity index (χ0) is 18.9. The van der Waals surface area contributed by atoms with Crippen molar-refractivity contribution < 1.29 is 14.3 Å². The Labute approximate surface area is 157 Å². The SMILES string of the molecule is COc1ccc(OC)c(NC(=O)CC(C)NCC(C)CN2CCCC2)c1. The Balaban J connectivity index is 1.76. The van der Waals surface area contributed by atoms with E-state index in [1.54, 1.807) is 32.4 Å². The van der Waals surface area contributed by atoms with Crippen LogP contribution in [0.3, 0.4) is 0 Å². The number of carbonyl (C=O) groups is 1. The molecule has 1 aromatic rings. The van der Waals surface area contributed by atoms with Crippen LogP contribution in [0.5, 0.6) is 11.5 Å². The van der Waals surface area contributed by atoms with E-state index in [1.807, 2.05) is 6.92 Å². The Morgan fingerprint density at radius 2 is 1.92 bits per heavy atom. The molecule has 6 nitrogen and oxygen atoms in total. The van der Waals surface area contributed by atoms with Crippen molar-refractivity contribution in [3.05, 3.63) is 18.2 Å². The summed E-state index contributed by atoms with van der Waals surface area (Å²) in [5.41, 5.74) is 0.631. The zero-order valence-corrected chi connectivity index (χ0v) is 16.5. The van der Waals surface area contributed by atoms with Crippen molar-refractivity contribution in [1.82, 2.24) is 10.2 Å². The van der Waals surface area contributed by atoms with Gasteiger partial charge in [-0.05, 0) is 57.5 Å². The first-order chi connectivity index (χ1) is 12.5. The lowest BCUT2D eigenvalue weighted by Gasteiger charge is -2.22. The molecule has 2 N–H and O–H groups in total. The predicted octanol–water partition coefficient (Wildman–Crippen LogP) is 2.74. The van der Waals surface area contributed by atoms with Crippen molar-refractivity contribution in [2.45, 2.75) is 39.2 Å². The van der Waals surface area contributed by atoms with E-state index in [-0.39, 0.29) is 11.9 Å². The maximum Gasteiger partial charge on any atom is 0.226 e. The normalized spacial score (nSPS) is 16.9. The number of amides is 1. The van der Waals surface area contributed by atoms with Gasteiger partial charge in [-0.2, -0.15) is 0 Å². The van der Waals surface area contributed by atoms with Crippen LogP contribution in [0.1, 0.15) is 33.1 Å². The summed E-state index contributed by atoms with van der Waals surface area (Å²) in [7, 11) is 3.19. The Bertz CT molecular complexity index is 573. The molecule has 6 heteroatoms. The quantitative estimate of drug-likeness (QED) is 0.669. The van der Waals surface area contributed by atoms with Gasteiger partial charge in [-0.25, -0.2) is 0 Å². The Kier molecular flexibility index (Phi) is 8.19. The van der Waals surface area contributed by atoms with Crippen molar-refractivity contribution in [2.24, 2.45) is 5.92 Å². The minimum atomic E-state index is -0.0382. The van der Waals surface area contributed by atoms with E-state index >= 15 is 0 Å². The van der Waals surface area contributed by atoms with Crippen LogP contribution in [0.25, 0.3) is 0 Å². The molecule has 146 valence electrons. The fraction of sp³-hybridized carbons (Fsp3) is 0.650. The number of nitrogens with zero attached hydrogens (tertiary/aromatic N) is 1. The van der Waals surface area contributed by atoms with Gasteiger partial charge >= 0.3 is 0 Å². The van der Waals surface area contributed by atoms with Gasteiger partial charge in [-0.15, -0.1) is 0 Å². The van der Waals surface area contributed by atoms with Gasteiger partial charge in [0.05, 0.1) is 19.9 Å². The van der Waals surface area contributed by atoms with Gasteiger partial charge in [0.1, 0.15) is 11.5 Å². The number of carbonyl (C=O) groups excluding carboxylic acids is 1. The van der Waals surface area contributed by atoms with Crippen LogP contribution in [-0.2, 0) is 4.79 Å². The Morgan fingerprint density at radius 3 is 2.58 bits per heavy atom. The second kappa shape index (κ2) is 10.4. The molecule has 1 heterocycles. The second-order valence-corrected chi connectivity index (χ2v) is 7.24. The first-order valence-corrected chi connectivity index (χ1v) is 9.49. The van der Waals surface area contributed by atoms with E-state index in [0.717, 1.165) is 13.1 Å². The highest BCUT2D eigenvalue weighted by atomic mass is 16.5. The van der Waals surface area contributed by atoms with Crippen molar-refractivity contribution in [3.8, 4) is 11.5 Å². The third-order valence-corrected chi connectivity index (χ3v) is 4.76. The Hall–Kier alpha value is -1.79. The monoisotopic (exact) mass is 363 g/mol. The third kappa shape index (κ3) is 6.50. The van der Waals surface area contributed by atoms with Crippen LogP contribution in [0, 0.1) is 5.92 Å². The average molecular weight is 364 g/mol. The molecular weight excluding hydrogens is 330 g/mol. The van der Waals surface area contributed by atoms with Crippen LogP contribution in [0.2, 0.25) is 0 Å². The van der Waals surface area contributed by atoms with E-state index in [0.29, 0.717) is 29.5 Å². The topological polar surface area (TPSA) is 62.8 Å². The van der Waals surface area contributed by atoms with E-state index < -0.39 is 0 Å². The molecule has 26 heavy (non-hydrogen) atoms. The fourth-order valence-electron chi connectivity index (χ4n) is 3.34. The molecule has 1 aromatic carbocycles. The summed E-state index contributed by atoms with van der Waals surface area (Å²) in [4.78, 5) is 14.9. The molecule has 0 bridgehead atoms. The van der Waals surface area contributed by atoms with Crippen LogP contribution < -0.4 is 20.1 Å². The highest BCUT2D eigenvalue weighted by Crippen LogP contribution is 2.29. The summed E-state index contributed by atoms with van der Waals surface area (Å²) in [6.07, 6.45) is 3.06. The summed E-state index contributed by atoms with van der Waals surface area (Å²) < 4.78 is 10.5. The first kappa shape index (κ1) is 20.5. The molecule has 2 rings (SSSR count). The average Bonchev–Trinajstić information content (AvgIpc) is 3.12. The molecule has 2 atom stereocenters. The molecule has 0 spiro atoms. The van der Waals surface area contributed by atoms with E-state index in [1.165, 1.54) is 25.9 Å². The van der Waals surface area contributed by atoms with Gasteiger partial charge in [-0.1, -0.05) is 6.92 Å². The summed E-state index contributed by atoms with van der Waals surface area (Å²) in [5, 5.41) is 6.40. The number of nitrogens with one attached hydrogen (secondary N) is 2. The van der Waals surface area contributed by atoms with Gasteiger partial charge in [0.2, 0.25) is 5.91 Å². The number of ether oxygens (including phenoxy) is 2. The van der Waals surface area contributed by atoms with E-state index in [9.17, 15) is 4.79 Å². The smallest absolute Gasteiger partial charge is 0.226 e. The maximum absolute atomic E-state index is 12.4. The number of benzene rings is 1. The summed E-state index contributed by atoms with van der Waals surface area (Å²) in [5.74, 6) is 1.85. The molecule has 0 aromatic heterocycles. The minimum Gasteiger partial charge on any atom is -0.497 e. The van der Waals surface area contributed by atoms with Crippen LogP contribution in [-0.4, -0.2) is 57.2 Å². The highest BCUT2D eigenvalue weighted by Gasteiger charge is 2.16. The summed E-state index contributed by atoms with van der Waals surface area (Å²) in [6, 6.07) is 5.48. The number of likely N-dealkylation sites (tertiary alicyclic amines) is 1. The lowest BCUT2D eigenvalue weighted by Crippen LogP contribution is -2.37. The van der Waals surface area contributed by atoms with E-state index in [4.69, 9.17) is 9.47 Å². The number of anilines is 1. The minimum absolute atomic E-state index is 0.0382. The summed E-state index contributed by atoms with van der Waals surface area (Å²) in [6.45, 7) is 8.82. The molecule has 0 saturated carbocycles. The van der Waals surface area contributed by atoms with Gasteiger partial charge in [0.15, 0.2) is 0 Å². The van der Waals surface area contributed by atoms with Crippen molar-refractivity contribution >= 4 is 11.6 Å². The predicted molar refractivity (Wildman–Crippen MR) is 105 cm³/mol. The van der Waals surface area contributed by atoms with E-state index in [2.05, 4.69) is 22.5 Å². The van der Waals surface area contributed by atoms with Gasteiger partial charge in [-0.3, -0.25) is 4.79 Å². The van der Waals surface area contributed by atoms with Gasteiger partial charge < -0.3 is 25.0 Å². The summed E-state index contributed by atoms with van der Waals surface area (Å²) >= 11 is 0. The number of rotatable bonds is 10. The van der Waals surface area contributed by atoms with Crippen LogP contribution in [0.4, 0.5) is 5.69 Å². The third-order valence-electron chi connectivity index (χ3n) is 4.76. The molecular formula is C20H33N3O3. The van der Waals surface area contributed by atoms with Crippen LogP contribution >= 0.6 is 0 Å². The number of hydrogen-bond acceptors (Lipinski definition) is 5. The number of hydrogen-bond donors (Lipinski definition) is 2. The molecule has 1 fully saturated rings. The fourth-order valence-corrected chi connectivity index (χ4v) is 3.34. The van der Waals surface area contributed by atoms with Crippen molar-refractivity contribution in [3.63, 3.8) is 0 Å². The van der Waals surface area contributed by atoms with Gasteiger partial charge in [0, 0.05) is 25.1 Å².